The Labute approximate surface area is 76.2 Å². The van der Waals surface area contributed by atoms with E-state index in [0.29, 0.717) is 6.26 Å². The van der Waals surface area contributed by atoms with Crippen molar-refractivity contribution in [2.24, 2.45) is 0 Å². The topological polar surface area (TPSA) is 55.4 Å². The molecule has 7 heteroatoms. The molecule has 0 heterocycles. The first kappa shape index (κ1) is 12.7. The second-order valence-corrected chi connectivity index (χ2v) is 4.72. The van der Waals surface area contributed by atoms with Crippen LogP contribution in [0, 0.1) is 0 Å². The monoisotopic (exact) mass is 217 g/mol. The van der Waals surface area contributed by atoms with Gasteiger partial charge in [0, 0.05) is 19.9 Å². The van der Waals surface area contributed by atoms with E-state index in [1.807, 2.05) is 0 Å². The molecule has 0 saturated heterocycles. The molecule has 0 aromatic carbocycles. The van der Waals surface area contributed by atoms with Gasteiger partial charge in [-0.2, -0.15) is 8.78 Å². The van der Waals surface area contributed by atoms with Crippen LogP contribution in [0.15, 0.2) is 0 Å². The molecule has 4 nitrogen and oxygen atoms in total. The molecule has 0 atom stereocenters. The van der Waals surface area contributed by atoms with Crippen LogP contribution in [0.3, 0.4) is 0 Å². The van der Waals surface area contributed by atoms with Crippen molar-refractivity contribution in [2.45, 2.75) is 5.25 Å². The van der Waals surface area contributed by atoms with Gasteiger partial charge in [-0.15, -0.1) is 0 Å². The van der Waals surface area contributed by atoms with Gasteiger partial charge in [0.05, 0.1) is 13.2 Å². The molecule has 0 bridgehead atoms. The molecule has 13 heavy (non-hydrogen) atoms. The van der Waals surface area contributed by atoms with Gasteiger partial charge >= 0.3 is 5.25 Å². The van der Waals surface area contributed by atoms with E-state index in [2.05, 4.69) is 10.1 Å². The van der Waals surface area contributed by atoms with Gasteiger partial charge in [0.15, 0.2) is 0 Å². The average Bonchev–Trinajstić information content (AvgIpc) is 1.96. The molecular formula is C6H13F2NO3S. The summed E-state index contributed by atoms with van der Waals surface area (Å²) in [5.74, 6) is 0. The summed E-state index contributed by atoms with van der Waals surface area (Å²) >= 11 is 0. The summed E-state index contributed by atoms with van der Waals surface area (Å²) < 4.78 is 50.9. The lowest BCUT2D eigenvalue weighted by atomic mass is 10.6. The minimum atomic E-state index is -4.33. The third kappa shape index (κ3) is 4.49. The minimum Gasteiger partial charge on any atom is -0.383 e. The zero-order valence-electron chi connectivity index (χ0n) is 7.51. The van der Waals surface area contributed by atoms with Crippen molar-refractivity contribution in [2.75, 3.05) is 33.1 Å². The number of halogens is 2. The SMILES string of the molecule is COCCNCC(F)(F)S(C)(=O)=O. The highest BCUT2D eigenvalue weighted by Gasteiger charge is 2.40. The van der Waals surface area contributed by atoms with Gasteiger partial charge in [0.25, 0.3) is 0 Å². The van der Waals surface area contributed by atoms with E-state index in [1.54, 1.807) is 0 Å². The van der Waals surface area contributed by atoms with E-state index in [1.165, 1.54) is 7.11 Å². The van der Waals surface area contributed by atoms with Crippen LogP contribution in [0.2, 0.25) is 0 Å². The van der Waals surface area contributed by atoms with Crippen LogP contribution >= 0.6 is 0 Å². The van der Waals surface area contributed by atoms with Crippen LogP contribution in [-0.4, -0.2) is 46.7 Å². The Morgan fingerprint density at radius 2 is 2.00 bits per heavy atom. The van der Waals surface area contributed by atoms with E-state index in [-0.39, 0.29) is 13.2 Å². The van der Waals surface area contributed by atoms with E-state index < -0.39 is 21.6 Å². The van der Waals surface area contributed by atoms with Gasteiger partial charge in [-0.25, -0.2) is 8.42 Å². The molecule has 0 radical (unpaired) electrons. The second-order valence-electron chi connectivity index (χ2n) is 2.58. The lowest BCUT2D eigenvalue weighted by Gasteiger charge is -2.14. The Morgan fingerprint density at radius 3 is 2.38 bits per heavy atom. The first-order valence-corrected chi connectivity index (χ1v) is 5.47. The van der Waals surface area contributed by atoms with Crippen molar-refractivity contribution in [3.63, 3.8) is 0 Å². The molecule has 0 aliphatic heterocycles. The van der Waals surface area contributed by atoms with Gasteiger partial charge < -0.3 is 10.1 Å². The number of alkyl halides is 2. The van der Waals surface area contributed by atoms with Crippen molar-refractivity contribution in [1.82, 2.24) is 5.32 Å². The molecule has 0 aromatic rings. The molecule has 0 spiro atoms. The van der Waals surface area contributed by atoms with Crippen LogP contribution in [0.4, 0.5) is 8.78 Å². The standard InChI is InChI=1S/C6H13F2NO3S/c1-12-4-3-9-5-6(7,8)13(2,10)11/h9H,3-5H2,1-2H3. The fourth-order valence-electron chi connectivity index (χ4n) is 0.539. The van der Waals surface area contributed by atoms with Crippen molar-refractivity contribution in [3.05, 3.63) is 0 Å². The summed E-state index contributed by atoms with van der Waals surface area (Å²) in [6.45, 7) is -0.420. The number of sulfone groups is 1. The third-order valence-corrected chi connectivity index (χ3v) is 2.59. The van der Waals surface area contributed by atoms with Gasteiger partial charge in [-0.1, -0.05) is 0 Å². The quantitative estimate of drug-likeness (QED) is 0.629. The van der Waals surface area contributed by atoms with Gasteiger partial charge in [-0.05, 0) is 0 Å². The molecule has 0 unspecified atom stereocenters. The molecule has 80 valence electrons. The Balaban J connectivity index is 3.91. The van der Waals surface area contributed by atoms with E-state index in [4.69, 9.17) is 0 Å². The number of ether oxygens (including phenoxy) is 1. The summed E-state index contributed by atoms with van der Waals surface area (Å²) in [5.41, 5.74) is 0. The maximum atomic E-state index is 12.7. The zero-order chi connectivity index (χ0) is 10.5. The Morgan fingerprint density at radius 1 is 1.46 bits per heavy atom. The van der Waals surface area contributed by atoms with E-state index in [0.717, 1.165) is 0 Å². The molecule has 0 aliphatic rings. The van der Waals surface area contributed by atoms with Crippen LogP contribution in [0.1, 0.15) is 0 Å². The Bertz CT molecular complexity index is 240. The summed E-state index contributed by atoms with van der Waals surface area (Å²) in [4.78, 5) is 0. The molecule has 0 aliphatic carbocycles. The molecule has 0 rings (SSSR count). The number of methoxy groups -OCH3 is 1. The molecule has 0 saturated carbocycles. The molecule has 0 aromatic heterocycles. The van der Waals surface area contributed by atoms with Crippen LogP contribution in [0.25, 0.3) is 0 Å². The predicted molar refractivity (Wildman–Crippen MR) is 44.5 cm³/mol. The molecule has 0 fully saturated rings. The predicted octanol–water partition coefficient (Wildman–Crippen LogP) is -0.140. The van der Waals surface area contributed by atoms with Crippen LogP contribution < -0.4 is 5.32 Å². The first-order chi connectivity index (χ1) is 5.81. The fraction of sp³-hybridized carbons (Fsp3) is 1.00. The minimum absolute atomic E-state index is 0.196. The normalized spacial score (nSPS) is 13.2. The van der Waals surface area contributed by atoms with Crippen LogP contribution in [0.5, 0.6) is 0 Å². The summed E-state index contributed by atoms with van der Waals surface area (Å²) in [6, 6.07) is 0. The largest absolute Gasteiger partial charge is 0.383 e. The number of hydrogen-bond donors (Lipinski definition) is 1. The fourth-order valence-corrected chi connectivity index (χ4v) is 0.903. The van der Waals surface area contributed by atoms with Gasteiger partial charge in [-0.3, -0.25) is 0 Å². The van der Waals surface area contributed by atoms with Gasteiger partial charge in [0.1, 0.15) is 0 Å². The average molecular weight is 217 g/mol. The maximum Gasteiger partial charge on any atom is 0.357 e. The zero-order valence-corrected chi connectivity index (χ0v) is 8.33. The number of nitrogens with one attached hydrogen (secondary N) is 1. The second kappa shape index (κ2) is 4.83. The first-order valence-electron chi connectivity index (χ1n) is 3.58. The van der Waals surface area contributed by atoms with Crippen molar-refractivity contribution in [1.29, 1.82) is 0 Å². The summed E-state index contributed by atoms with van der Waals surface area (Å²) in [6.07, 6.45) is 0.505. The van der Waals surface area contributed by atoms with Gasteiger partial charge in [0.2, 0.25) is 9.84 Å². The van der Waals surface area contributed by atoms with E-state index >= 15 is 0 Å². The Hall–Kier alpha value is -0.270. The lowest BCUT2D eigenvalue weighted by Crippen LogP contribution is -2.40. The van der Waals surface area contributed by atoms with Crippen molar-refractivity contribution >= 4 is 9.84 Å². The maximum absolute atomic E-state index is 12.7. The summed E-state index contributed by atoms with van der Waals surface area (Å²) in [5, 5.41) is -1.43. The smallest absolute Gasteiger partial charge is 0.357 e. The molecular weight excluding hydrogens is 204 g/mol. The molecule has 1 N–H and O–H groups in total. The molecule has 0 amide bonds. The van der Waals surface area contributed by atoms with E-state index in [9.17, 15) is 17.2 Å². The Kier molecular flexibility index (Phi) is 4.72. The highest BCUT2D eigenvalue weighted by Crippen LogP contribution is 2.18. The van der Waals surface area contributed by atoms with Crippen molar-refractivity contribution in [3.8, 4) is 0 Å². The van der Waals surface area contributed by atoms with Crippen LogP contribution in [-0.2, 0) is 14.6 Å². The number of hydrogen-bond acceptors (Lipinski definition) is 4. The highest BCUT2D eigenvalue weighted by atomic mass is 32.2. The number of rotatable bonds is 6. The van der Waals surface area contributed by atoms with Crippen molar-refractivity contribution < 1.29 is 21.9 Å². The highest BCUT2D eigenvalue weighted by molar-refractivity contribution is 7.91. The lowest BCUT2D eigenvalue weighted by molar-refractivity contribution is 0.0887. The third-order valence-electron chi connectivity index (χ3n) is 1.36. The summed E-state index contributed by atoms with van der Waals surface area (Å²) in [7, 11) is -2.90.